The number of nitrogens with zero attached hydrogens (tertiary/aromatic N) is 3. The molecular weight excluding hydrogens is 683 g/mol. The SMILES string of the molecule is C=Cc1c(-c2ccccc2)nc(-c2ccccc2)nc1-c1cccc2c1oc1c(-c3ccc(N(c4ccccc4)c4ccccc4)cc3)c3ccccc3cc12. The van der Waals surface area contributed by atoms with Gasteiger partial charge in [-0.3, -0.25) is 0 Å². The summed E-state index contributed by atoms with van der Waals surface area (Å²) in [5, 5.41) is 4.35. The monoisotopic (exact) mass is 717 g/mol. The van der Waals surface area contributed by atoms with Crippen molar-refractivity contribution >= 4 is 55.8 Å². The van der Waals surface area contributed by atoms with Gasteiger partial charge in [-0.2, -0.15) is 0 Å². The second-order valence-electron chi connectivity index (χ2n) is 13.8. The number of hydrogen-bond donors (Lipinski definition) is 0. The molecule has 10 rings (SSSR count). The highest BCUT2D eigenvalue weighted by Gasteiger charge is 2.23. The average Bonchev–Trinajstić information content (AvgIpc) is 3.65. The molecule has 264 valence electrons. The van der Waals surface area contributed by atoms with Crippen LogP contribution in [0, 0.1) is 0 Å². The Bertz CT molecular complexity index is 2970. The Morgan fingerprint density at radius 2 is 1.00 bits per heavy atom. The Morgan fingerprint density at radius 3 is 1.66 bits per heavy atom. The summed E-state index contributed by atoms with van der Waals surface area (Å²) in [6.07, 6.45) is 1.86. The first-order valence-electron chi connectivity index (χ1n) is 18.8. The molecule has 0 spiro atoms. The van der Waals surface area contributed by atoms with Crippen molar-refractivity contribution in [2.45, 2.75) is 0 Å². The Hall–Kier alpha value is -7.56. The summed E-state index contributed by atoms with van der Waals surface area (Å²) in [5.74, 6) is 0.643. The van der Waals surface area contributed by atoms with Crippen LogP contribution in [0.3, 0.4) is 0 Å². The van der Waals surface area contributed by atoms with Crippen LogP contribution in [0.15, 0.2) is 205 Å². The molecule has 56 heavy (non-hydrogen) atoms. The third kappa shape index (κ3) is 5.72. The number of anilines is 3. The molecule has 8 aromatic carbocycles. The summed E-state index contributed by atoms with van der Waals surface area (Å²) in [7, 11) is 0. The van der Waals surface area contributed by atoms with Gasteiger partial charge >= 0.3 is 0 Å². The minimum Gasteiger partial charge on any atom is -0.455 e. The number of rotatable bonds is 8. The molecule has 0 amide bonds. The van der Waals surface area contributed by atoms with Gasteiger partial charge < -0.3 is 9.32 Å². The van der Waals surface area contributed by atoms with Crippen LogP contribution in [0.1, 0.15) is 5.56 Å². The van der Waals surface area contributed by atoms with Crippen LogP contribution in [-0.4, -0.2) is 9.97 Å². The minimum absolute atomic E-state index is 0.643. The topological polar surface area (TPSA) is 42.2 Å². The highest BCUT2D eigenvalue weighted by Crippen LogP contribution is 2.45. The fourth-order valence-corrected chi connectivity index (χ4v) is 7.85. The predicted octanol–water partition coefficient (Wildman–Crippen LogP) is 14.3. The number of aromatic nitrogens is 2. The molecule has 2 heterocycles. The van der Waals surface area contributed by atoms with Crippen molar-refractivity contribution in [3.05, 3.63) is 206 Å². The summed E-state index contributed by atoms with van der Waals surface area (Å²) < 4.78 is 7.13. The summed E-state index contributed by atoms with van der Waals surface area (Å²) in [4.78, 5) is 12.7. The highest BCUT2D eigenvalue weighted by molar-refractivity contribution is 6.20. The molecule has 4 heteroatoms. The van der Waals surface area contributed by atoms with Crippen molar-refractivity contribution in [2.24, 2.45) is 0 Å². The van der Waals surface area contributed by atoms with E-state index in [4.69, 9.17) is 14.4 Å². The van der Waals surface area contributed by atoms with E-state index in [1.54, 1.807) is 0 Å². The van der Waals surface area contributed by atoms with E-state index >= 15 is 0 Å². The Labute approximate surface area is 325 Å². The van der Waals surface area contributed by atoms with Crippen LogP contribution < -0.4 is 4.90 Å². The van der Waals surface area contributed by atoms with Crippen LogP contribution >= 0.6 is 0 Å². The molecule has 0 atom stereocenters. The van der Waals surface area contributed by atoms with E-state index in [-0.39, 0.29) is 0 Å². The fourth-order valence-electron chi connectivity index (χ4n) is 7.85. The molecule has 0 unspecified atom stereocenters. The molecule has 4 nitrogen and oxygen atoms in total. The smallest absolute Gasteiger partial charge is 0.160 e. The lowest BCUT2D eigenvalue weighted by atomic mass is 9.94. The van der Waals surface area contributed by atoms with E-state index in [1.165, 1.54) is 0 Å². The zero-order valence-corrected chi connectivity index (χ0v) is 30.5. The first kappa shape index (κ1) is 33.0. The summed E-state index contributed by atoms with van der Waals surface area (Å²) in [5.41, 5.74) is 12.3. The summed E-state index contributed by atoms with van der Waals surface area (Å²) in [6, 6.07) is 67.3. The summed E-state index contributed by atoms with van der Waals surface area (Å²) in [6.45, 7) is 4.26. The molecule has 0 saturated carbocycles. The maximum Gasteiger partial charge on any atom is 0.160 e. The molecule has 0 bridgehead atoms. The molecule has 0 N–H and O–H groups in total. The van der Waals surface area contributed by atoms with Crippen LogP contribution in [0.25, 0.3) is 83.8 Å². The van der Waals surface area contributed by atoms with Gasteiger partial charge in [0.2, 0.25) is 0 Å². The third-order valence-electron chi connectivity index (χ3n) is 10.4. The van der Waals surface area contributed by atoms with E-state index in [0.717, 1.165) is 94.5 Å². The standard InChI is InChI=1S/C52H35N3O/c1-2-42-48(36-18-7-3-8-19-36)53-52(37-20-9-4-10-21-37)54-49(42)45-29-17-28-44-46-34-38-22-15-16-27-43(38)47(51(46)56-50(44)45)35-30-32-41(33-31-35)55(39-23-11-5-12-24-39)40-25-13-6-14-26-40/h2-34H,1H2. The van der Waals surface area contributed by atoms with Gasteiger partial charge in [-0.05, 0) is 64.9 Å². The van der Waals surface area contributed by atoms with Gasteiger partial charge in [0.05, 0.1) is 11.4 Å². The van der Waals surface area contributed by atoms with Gasteiger partial charge in [0.15, 0.2) is 5.82 Å². The second kappa shape index (κ2) is 14.0. The number of hydrogen-bond acceptors (Lipinski definition) is 4. The lowest BCUT2D eigenvalue weighted by Gasteiger charge is -2.25. The maximum atomic E-state index is 7.13. The van der Waals surface area contributed by atoms with Crippen LogP contribution in [0.2, 0.25) is 0 Å². The molecule has 0 fully saturated rings. The van der Waals surface area contributed by atoms with Gasteiger partial charge in [-0.15, -0.1) is 0 Å². The average molecular weight is 718 g/mol. The number of para-hydroxylation sites is 3. The van der Waals surface area contributed by atoms with Crippen molar-refractivity contribution in [1.29, 1.82) is 0 Å². The molecule has 0 saturated heterocycles. The Balaban J connectivity index is 1.19. The van der Waals surface area contributed by atoms with Gasteiger partial charge in [-0.1, -0.05) is 158 Å². The largest absolute Gasteiger partial charge is 0.455 e. The van der Waals surface area contributed by atoms with Gasteiger partial charge in [0, 0.05) is 55.7 Å². The van der Waals surface area contributed by atoms with E-state index < -0.39 is 0 Å². The van der Waals surface area contributed by atoms with Crippen molar-refractivity contribution in [2.75, 3.05) is 4.90 Å². The highest BCUT2D eigenvalue weighted by atomic mass is 16.3. The van der Waals surface area contributed by atoms with Crippen molar-refractivity contribution in [3.63, 3.8) is 0 Å². The van der Waals surface area contributed by atoms with Crippen molar-refractivity contribution in [1.82, 2.24) is 9.97 Å². The molecule has 0 aliphatic heterocycles. The number of fused-ring (bicyclic) bond motifs is 4. The Kier molecular flexibility index (Phi) is 8.27. The van der Waals surface area contributed by atoms with Crippen LogP contribution in [-0.2, 0) is 0 Å². The van der Waals surface area contributed by atoms with E-state index in [1.807, 2.05) is 66.7 Å². The minimum atomic E-state index is 0.643. The zero-order chi connectivity index (χ0) is 37.4. The molecule has 10 aromatic rings. The van der Waals surface area contributed by atoms with Crippen molar-refractivity contribution < 1.29 is 4.42 Å². The first-order valence-corrected chi connectivity index (χ1v) is 18.8. The number of furan rings is 1. The molecule has 0 aliphatic rings. The second-order valence-corrected chi connectivity index (χ2v) is 13.8. The number of benzene rings is 8. The van der Waals surface area contributed by atoms with Crippen LogP contribution in [0.4, 0.5) is 17.1 Å². The van der Waals surface area contributed by atoms with Crippen LogP contribution in [0.5, 0.6) is 0 Å². The molecule has 0 aliphatic carbocycles. The van der Waals surface area contributed by atoms with E-state index in [9.17, 15) is 0 Å². The quantitative estimate of drug-likeness (QED) is 0.157. The predicted molar refractivity (Wildman–Crippen MR) is 233 cm³/mol. The Morgan fingerprint density at radius 1 is 0.446 bits per heavy atom. The van der Waals surface area contributed by atoms with Gasteiger partial charge in [0.25, 0.3) is 0 Å². The molecule has 0 radical (unpaired) electrons. The van der Waals surface area contributed by atoms with E-state index in [2.05, 4.69) is 145 Å². The van der Waals surface area contributed by atoms with Crippen molar-refractivity contribution in [3.8, 4) is 45.0 Å². The fraction of sp³-hybridized carbons (Fsp3) is 0. The van der Waals surface area contributed by atoms with E-state index in [0.29, 0.717) is 5.82 Å². The maximum absolute atomic E-state index is 7.13. The normalized spacial score (nSPS) is 11.3. The third-order valence-corrected chi connectivity index (χ3v) is 10.4. The van der Waals surface area contributed by atoms with Gasteiger partial charge in [0.1, 0.15) is 11.2 Å². The lowest BCUT2D eigenvalue weighted by molar-refractivity contribution is 0.671. The zero-order valence-electron chi connectivity index (χ0n) is 30.5. The molecule has 2 aromatic heterocycles. The summed E-state index contributed by atoms with van der Waals surface area (Å²) >= 11 is 0. The van der Waals surface area contributed by atoms with Gasteiger partial charge in [-0.25, -0.2) is 9.97 Å². The first-order chi connectivity index (χ1) is 27.7. The lowest BCUT2D eigenvalue weighted by Crippen LogP contribution is -2.09. The molecular formula is C52H35N3O.